The lowest BCUT2D eigenvalue weighted by molar-refractivity contribution is -0.0199. The summed E-state index contributed by atoms with van der Waals surface area (Å²) < 4.78 is 11.2. The number of carbonyl (C=O) groups is 1. The fraction of sp³-hybridized carbons (Fsp3) is 0.609. The minimum atomic E-state index is -0.679. The van der Waals surface area contributed by atoms with Gasteiger partial charge in [0.1, 0.15) is 36.2 Å². The van der Waals surface area contributed by atoms with Gasteiger partial charge in [0.05, 0.1) is 11.1 Å². The van der Waals surface area contributed by atoms with Gasteiger partial charge in [-0.25, -0.2) is 4.79 Å². The number of ether oxygens (including phenoxy) is 2. The van der Waals surface area contributed by atoms with Crippen molar-refractivity contribution in [3.05, 3.63) is 29.3 Å². The van der Waals surface area contributed by atoms with E-state index in [1.165, 1.54) is 6.07 Å². The molecule has 1 N–H and O–H groups in total. The van der Waals surface area contributed by atoms with Crippen LogP contribution < -0.4 is 4.74 Å². The van der Waals surface area contributed by atoms with Crippen LogP contribution in [0.25, 0.3) is 0 Å². The van der Waals surface area contributed by atoms with Gasteiger partial charge in [0.2, 0.25) is 0 Å². The van der Waals surface area contributed by atoms with E-state index in [0.29, 0.717) is 42.8 Å². The third-order valence-corrected chi connectivity index (χ3v) is 5.45. The van der Waals surface area contributed by atoms with Gasteiger partial charge in [-0.1, -0.05) is 0 Å². The lowest BCUT2D eigenvalue weighted by Crippen LogP contribution is -2.56. The molecule has 8 nitrogen and oxygen atoms in total. The summed E-state index contributed by atoms with van der Waals surface area (Å²) in [5.41, 5.74) is 0.0616. The highest BCUT2D eigenvalue weighted by molar-refractivity contribution is 5.68. The monoisotopic (exact) mass is 426 g/mol. The molecule has 31 heavy (non-hydrogen) atoms. The fourth-order valence-electron chi connectivity index (χ4n) is 4.36. The van der Waals surface area contributed by atoms with Crippen LogP contribution in [0.4, 0.5) is 4.79 Å². The second-order valence-electron chi connectivity index (χ2n) is 9.47. The number of β-amino-alcohol motifs (C(OH)–C–C–N with tert-alkyl or cyclic N) is 1. The van der Waals surface area contributed by atoms with E-state index in [9.17, 15) is 9.90 Å². The zero-order valence-corrected chi connectivity index (χ0v) is 18.4. The summed E-state index contributed by atoms with van der Waals surface area (Å²) in [6.07, 6.45) is 0.162. The predicted molar refractivity (Wildman–Crippen MR) is 113 cm³/mol. The van der Waals surface area contributed by atoms with Gasteiger partial charge in [-0.15, -0.1) is 0 Å². The topological polar surface area (TPSA) is 110 Å². The van der Waals surface area contributed by atoms with Crippen molar-refractivity contribution >= 4 is 6.09 Å². The van der Waals surface area contributed by atoms with Gasteiger partial charge in [0.15, 0.2) is 0 Å². The highest BCUT2D eigenvalue weighted by Gasteiger charge is 2.37. The highest BCUT2D eigenvalue weighted by atomic mass is 16.6. The fourth-order valence-corrected chi connectivity index (χ4v) is 4.36. The molecule has 0 aromatic heterocycles. The van der Waals surface area contributed by atoms with Gasteiger partial charge < -0.3 is 19.5 Å². The van der Waals surface area contributed by atoms with E-state index in [4.69, 9.17) is 20.0 Å². The van der Waals surface area contributed by atoms with E-state index < -0.39 is 11.7 Å². The standard InChI is InChI=1S/C23H30N4O4/c1-23(2,3)31-22(29)27-12-16-6-17(13-27)11-26(10-16)14-20(28)15-30-21-5-4-18(8-24)19(7-21)9-25/h4-5,7,16-17,20,28H,6,10-15H2,1-3H3. The molecule has 1 amide bonds. The van der Waals surface area contributed by atoms with Crippen molar-refractivity contribution in [3.63, 3.8) is 0 Å². The molecule has 1 aromatic rings. The van der Waals surface area contributed by atoms with Gasteiger partial charge in [0, 0.05) is 32.7 Å². The Balaban J connectivity index is 1.48. The molecule has 3 rings (SSSR count). The third kappa shape index (κ3) is 6.33. The Morgan fingerprint density at radius 2 is 1.81 bits per heavy atom. The zero-order valence-electron chi connectivity index (χ0n) is 18.4. The Morgan fingerprint density at radius 3 is 2.39 bits per heavy atom. The molecule has 2 aliphatic rings. The number of nitrogens with zero attached hydrogens (tertiary/aromatic N) is 4. The number of aliphatic hydroxyl groups is 1. The van der Waals surface area contributed by atoms with E-state index in [-0.39, 0.29) is 18.3 Å². The molecule has 8 heteroatoms. The summed E-state index contributed by atoms with van der Waals surface area (Å²) in [6.45, 7) is 9.21. The number of rotatable bonds is 5. The van der Waals surface area contributed by atoms with E-state index in [1.807, 2.05) is 37.8 Å². The molecule has 2 saturated heterocycles. The number of fused-ring (bicyclic) bond motifs is 2. The molecule has 0 spiro atoms. The van der Waals surface area contributed by atoms with Crippen LogP contribution in [0.2, 0.25) is 0 Å². The van der Waals surface area contributed by atoms with Crippen LogP contribution in [-0.4, -0.2) is 72.0 Å². The highest BCUT2D eigenvalue weighted by Crippen LogP contribution is 2.29. The lowest BCUT2D eigenvalue weighted by atomic mass is 9.84. The van der Waals surface area contributed by atoms with Crippen LogP contribution in [0.15, 0.2) is 18.2 Å². The van der Waals surface area contributed by atoms with Crippen molar-refractivity contribution in [1.29, 1.82) is 10.5 Å². The lowest BCUT2D eigenvalue weighted by Gasteiger charge is -2.46. The first-order valence-electron chi connectivity index (χ1n) is 10.6. The van der Waals surface area contributed by atoms with Gasteiger partial charge in [-0.05, 0) is 57.2 Å². The average molecular weight is 427 g/mol. The first kappa shape index (κ1) is 22.9. The predicted octanol–water partition coefficient (Wildman–Crippen LogP) is 2.36. The van der Waals surface area contributed by atoms with Crippen molar-refractivity contribution in [2.75, 3.05) is 39.3 Å². The van der Waals surface area contributed by atoms with Crippen molar-refractivity contribution in [3.8, 4) is 17.9 Å². The second kappa shape index (κ2) is 9.55. The quantitative estimate of drug-likeness (QED) is 0.769. The smallest absolute Gasteiger partial charge is 0.410 e. The molecule has 0 saturated carbocycles. The molecule has 2 fully saturated rings. The maximum Gasteiger partial charge on any atom is 0.410 e. The minimum absolute atomic E-state index is 0.104. The zero-order chi connectivity index (χ0) is 22.6. The van der Waals surface area contributed by atoms with Crippen molar-refractivity contribution < 1.29 is 19.4 Å². The number of hydrogen-bond acceptors (Lipinski definition) is 7. The maximum absolute atomic E-state index is 12.4. The Bertz CT molecular complexity index is 869. The average Bonchev–Trinajstić information content (AvgIpc) is 2.70. The van der Waals surface area contributed by atoms with Crippen LogP contribution in [0.3, 0.4) is 0 Å². The number of carbonyl (C=O) groups excluding carboxylic acids is 1. The Morgan fingerprint density at radius 1 is 1.16 bits per heavy atom. The largest absolute Gasteiger partial charge is 0.491 e. The molecule has 166 valence electrons. The molecule has 2 aliphatic heterocycles. The SMILES string of the molecule is CC(C)(C)OC(=O)N1CC2CC(CN(CC(O)COc3ccc(C#N)c(C#N)c3)C2)C1. The van der Waals surface area contributed by atoms with Gasteiger partial charge in [0.25, 0.3) is 0 Å². The van der Waals surface area contributed by atoms with Crippen molar-refractivity contribution in [2.45, 2.75) is 38.9 Å². The summed E-state index contributed by atoms with van der Waals surface area (Å²) in [7, 11) is 0. The van der Waals surface area contributed by atoms with Crippen LogP contribution in [0.1, 0.15) is 38.3 Å². The molecule has 0 radical (unpaired) electrons. The Labute approximate surface area is 183 Å². The van der Waals surface area contributed by atoms with E-state index in [2.05, 4.69) is 4.90 Å². The molecule has 3 atom stereocenters. The normalized spacial score (nSPS) is 22.2. The first-order valence-corrected chi connectivity index (χ1v) is 10.6. The Hall–Kier alpha value is -2.81. The summed E-state index contributed by atoms with van der Waals surface area (Å²) in [4.78, 5) is 16.5. The van der Waals surface area contributed by atoms with Crippen molar-refractivity contribution in [1.82, 2.24) is 9.80 Å². The molecule has 3 unspecified atom stereocenters. The van der Waals surface area contributed by atoms with E-state index in [1.54, 1.807) is 12.1 Å². The minimum Gasteiger partial charge on any atom is -0.491 e. The van der Waals surface area contributed by atoms with Crippen LogP contribution >= 0.6 is 0 Å². The van der Waals surface area contributed by atoms with Crippen LogP contribution in [0.5, 0.6) is 5.75 Å². The van der Waals surface area contributed by atoms with E-state index >= 15 is 0 Å². The summed E-state index contributed by atoms with van der Waals surface area (Å²) in [6, 6.07) is 8.63. The summed E-state index contributed by atoms with van der Waals surface area (Å²) in [5.74, 6) is 1.19. The molecule has 1 aromatic carbocycles. The summed E-state index contributed by atoms with van der Waals surface area (Å²) in [5, 5.41) is 28.6. The molecule has 2 heterocycles. The number of likely N-dealkylation sites (tertiary alicyclic amines) is 2. The summed E-state index contributed by atoms with van der Waals surface area (Å²) >= 11 is 0. The third-order valence-electron chi connectivity index (χ3n) is 5.45. The van der Waals surface area contributed by atoms with Gasteiger partial charge in [-0.2, -0.15) is 10.5 Å². The first-order chi connectivity index (χ1) is 14.7. The number of hydrogen-bond donors (Lipinski definition) is 1. The maximum atomic E-state index is 12.4. The van der Waals surface area contributed by atoms with Gasteiger partial charge >= 0.3 is 6.09 Å². The Kier molecular flexibility index (Phi) is 7.04. The number of nitriles is 2. The number of aliphatic hydroxyl groups excluding tert-OH is 1. The van der Waals surface area contributed by atoms with Gasteiger partial charge in [-0.3, -0.25) is 4.90 Å². The van der Waals surface area contributed by atoms with E-state index in [0.717, 1.165) is 19.5 Å². The van der Waals surface area contributed by atoms with Crippen LogP contribution in [0, 0.1) is 34.5 Å². The second-order valence-corrected chi connectivity index (χ2v) is 9.47. The number of piperidine rings is 2. The molecule has 2 bridgehead atoms. The van der Waals surface area contributed by atoms with Crippen LogP contribution in [-0.2, 0) is 4.74 Å². The molecular formula is C23H30N4O4. The number of benzene rings is 1. The van der Waals surface area contributed by atoms with Crippen molar-refractivity contribution in [2.24, 2.45) is 11.8 Å². The number of amides is 1. The molecular weight excluding hydrogens is 396 g/mol. The molecule has 0 aliphatic carbocycles.